The molecule has 0 saturated heterocycles. The van der Waals surface area contributed by atoms with Crippen LogP contribution >= 0.6 is 0 Å². The summed E-state index contributed by atoms with van der Waals surface area (Å²) in [7, 11) is 1.27. The Morgan fingerprint density at radius 1 is 1.67 bits per heavy atom. The fraction of sp³-hybridized carbons (Fsp3) is 0.455. The molecule has 0 aromatic carbocycles. The number of hydrogen-bond acceptors (Lipinski definition) is 4. The minimum absolute atomic E-state index is 0.226. The smallest absolute Gasteiger partial charge is 0.326 e. The summed E-state index contributed by atoms with van der Waals surface area (Å²) >= 11 is 0. The molecule has 0 aliphatic rings. The molecule has 4 heteroatoms. The van der Waals surface area contributed by atoms with Gasteiger partial charge in [0.2, 0.25) is 0 Å². The first-order valence-electron chi connectivity index (χ1n) is 4.57. The first-order chi connectivity index (χ1) is 7.01. The number of rotatable bonds is 3. The standard InChI is InChI=1S/C11H13NO3/c1-8-4-5-9(15-8)6-11(2,7-12)10(13)14-3/h4-5H,6H2,1-3H3. The van der Waals surface area contributed by atoms with Gasteiger partial charge in [-0.2, -0.15) is 5.26 Å². The summed E-state index contributed by atoms with van der Waals surface area (Å²) in [6, 6.07) is 5.51. The molecule has 0 spiro atoms. The summed E-state index contributed by atoms with van der Waals surface area (Å²) in [5.41, 5.74) is -1.18. The molecule has 0 fully saturated rings. The molecule has 0 saturated carbocycles. The molecule has 1 aromatic rings. The van der Waals surface area contributed by atoms with E-state index in [1.807, 2.05) is 13.0 Å². The highest BCUT2D eigenvalue weighted by atomic mass is 16.5. The van der Waals surface area contributed by atoms with Crippen LogP contribution in [0, 0.1) is 23.7 Å². The van der Waals surface area contributed by atoms with Gasteiger partial charge in [0.15, 0.2) is 5.41 Å². The molecule has 0 radical (unpaired) electrons. The van der Waals surface area contributed by atoms with E-state index in [4.69, 9.17) is 9.68 Å². The quantitative estimate of drug-likeness (QED) is 0.709. The molecule has 1 heterocycles. The van der Waals surface area contributed by atoms with E-state index < -0.39 is 11.4 Å². The number of esters is 1. The van der Waals surface area contributed by atoms with Crippen LogP contribution in [0.1, 0.15) is 18.4 Å². The van der Waals surface area contributed by atoms with Crippen molar-refractivity contribution in [3.05, 3.63) is 23.7 Å². The van der Waals surface area contributed by atoms with Gasteiger partial charge in [0.1, 0.15) is 11.5 Å². The molecule has 0 N–H and O–H groups in total. The molecule has 1 unspecified atom stereocenters. The van der Waals surface area contributed by atoms with Gasteiger partial charge in [0.25, 0.3) is 0 Å². The van der Waals surface area contributed by atoms with Crippen molar-refractivity contribution in [1.29, 1.82) is 5.26 Å². The predicted molar refractivity (Wildman–Crippen MR) is 52.9 cm³/mol. The van der Waals surface area contributed by atoms with Gasteiger partial charge >= 0.3 is 5.97 Å². The van der Waals surface area contributed by atoms with Crippen LogP contribution in [0.3, 0.4) is 0 Å². The van der Waals surface area contributed by atoms with Crippen molar-refractivity contribution in [1.82, 2.24) is 0 Å². The molecule has 0 aliphatic heterocycles. The summed E-state index contributed by atoms with van der Waals surface area (Å²) < 4.78 is 9.90. The van der Waals surface area contributed by atoms with Gasteiger partial charge in [0.05, 0.1) is 13.2 Å². The van der Waals surface area contributed by atoms with Crippen LogP contribution in [0.25, 0.3) is 0 Å². The normalized spacial score (nSPS) is 14.0. The fourth-order valence-electron chi connectivity index (χ4n) is 1.31. The van der Waals surface area contributed by atoms with Crippen molar-refractivity contribution in [2.45, 2.75) is 20.3 Å². The van der Waals surface area contributed by atoms with E-state index in [2.05, 4.69) is 4.74 Å². The van der Waals surface area contributed by atoms with Crippen LogP contribution in [-0.4, -0.2) is 13.1 Å². The maximum atomic E-state index is 11.4. The van der Waals surface area contributed by atoms with Crippen LogP contribution in [-0.2, 0) is 16.0 Å². The van der Waals surface area contributed by atoms with E-state index >= 15 is 0 Å². The second-order valence-corrected chi connectivity index (χ2v) is 3.62. The Morgan fingerprint density at radius 3 is 2.73 bits per heavy atom. The highest BCUT2D eigenvalue weighted by molar-refractivity contribution is 5.79. The third kappa shape index (κ3) is 2.38. The van der Waals surface area contributed by atoms with E-state index in [1.54, 1.807) is 12.1 Å². The molecule has 1 atom stereocenters. The largest absolute Gasteiger partial charge is 0.468 e. The monoisotopic (exact) mass is 207 g/mol. The number of carbonyl (C=O) groups is 1. The molecule has 4 nitrogen and oxygen atoms in total. The average Bonchev–Trinajstić information content (AvgIpc) is 2.62. The Morgan fingerprint density at radius 2 is 2.33 bits per heavy atom. The topological polar surface area (TPSA) is 63.2 Å². The average molecular weight is 207 g/mol. The molecular formula is C11H13NO3. The first-order valence-corrected chi connectivity index (χ1v) is 4.57. The number of hydrogen-bond donors (Lipinski definition) is 0. The van der Waals surface area contributed by atoms with Crippen LogP contribution < -0.4 is 0 Å². The Balaban J connectivity index is 2.87. The maximum absolute atomic E-state index is 11.4. The highest BCUT2D eigenvalue weighted by Gasteiger charge is 2.35. The second-order valence-electron chi connectivity index (χ2n) is 3.62. The van der Waals surface area contributed by atoms with Crippen molar-refractivity contribution in [2.75, 3.05) is 7.11 Å². The van der Waals surface area contributed by atoms with Gasteiger partial charge in [-0.3, -0.25) is 4.79 Å². The lowest BCUT2D eigenvalue weighted by atomic mass is 9.88. The molecule has 80 valence electrons. The van der Waals surface area contributed by atoms with Gasteiger partial charge in [-0.25, -0.2) is 0 Å². The van der Waals surface area contributed by atoms with Gasteiger partial charge in [0, 0.05) is 6.42 Å². The predicted octanol–water partition coefficient (Wildman–Crippen LogP) is 1.83. The Bertz CT molecular complexity index is 402. The zero-order valence-corrected chi connectivity index (χ0v) is 9.03. The Kier molecular flexibility index (Phi) is 3.15. The molecule has 1 aromatic heterocycles. The van der Waals surface area contributed by atoms with E-state index in [-0.39, 0.29) is 6.42 Å². The van der Waals surface area contributed by atoms with Crippen molar-refractivity contribution in [2.24, 2.45) is 5.41 Å². The molecule has 0 aliphatic carbocycles. The summed E-state index contributed by atoms with van der Waals surface area (Å²) in [6.45, 7) is 3.35. The van der Waals surface area contributed by atoms with Gasteiger partial charge in [-0.15, -0.1) is 0 Å². The van der Waals surface area contributed by atoms with E-state index in [0.29, 0.717) is 5.76 Å². The molecule has 15 heavy (non-hydrogen) atoms. The summed E-state index contributed by atoms with van der Waals surface area (Å²) in [5, 5.41) is 8.96. The lowest BCUT2D eigenvalue weighted by molar-refractivity contribution is -0.148. The molecule has 0 bridgehead atoms. The van der Waals surface area contributed by atoms with Gasteiger partial charge < -0.3 is 9.15 Å². The number of ether oxygens (including phenoxy) is 1. The number of aryl methyl sites for hydroxylation is 1. The van der Waals surface area contributed by atoms with Crippen LogP contribution in [0.5, 0.6) is 0 Å². The SMILES string of the molecule is COC(=O)C(C)(C#N)Cc1ccc(C)o1. The number of furan rings is 1. The number of methoxy groups -OCH3 is 1. The maximum Gasteiger partial charge on any atom is 0.326 e. The minimum Gasteiger partial charge on any atom is -0.468 e. The number of nitriles is 1. The Hall–Kier alpha value is -1.76. The highest BCUT2D eigenvalue weighted by Crippen LogP contribution is 2.24. The molecule has 0 amide bonds. The van der Waals surface area contributed by atoms with Crippen molar-refractivity contribution in [3.8, 4) is 6.07 Å². The first kappa shape index (κ1) is 11.3. The van der Waals surface area contributed by atoms with Crippen molar-refractivity contribution < 1.29 is 13.9 Å². The zero-order valence-electron chi connectivity index (χ0n) is 9.03. The fourth-order valence-corrected chi connectivity index (χ4v) is 1.31. The lowest BCUT2D eigenvalue weighted by Gasteiger charge is -2.16. The van der Waals surface area contributed by atoms with Gasteiger partial charge in [-0.1, -0.05) is 0 Å². The van der Waals surface area contributed by atoms with Crippen LogP contribution in [0.15, 0.2) is 16.5 Å². The number of nitrogens with zero attached hydrogens (tertiary/aromatic N) is 1. The second kappa shape index (κ2) is 4.18. The summed E-state index contributed by atoms with van der Waals surface area (Å²) in [4.78, 5) is 11.4. The van der Waals surface area contributed by atoms with E-state index in [1.165, 1.54) is 14.0 Å². The van der Waals surface area contributed by atoms with Crippen LogP contribution in [0.4, 0.5) is 0 Å². The Labute approximate surface area is 88.4 Å². The molecule has 1 rings (SSSR count). The van der Waals surface area contributed by atoms with E-state index in [0.717, 1.165) is 5.76 Å². The number of carbonyl (C=O) groups excluding carboxylic acids is 1. The minimum atomic E-state index is -1.18. The summed E-state index contributed by atoms with van der Waals surface area (Å²) in [5.74, 6) is 0.830. The van der Waals surface area contributed by atoms with E-state index in [9.17, 15) is 4.79 Å². The lowest BCUT2D eigenvalue weighted by Crippen LogP contribution is -2.29. The van der Waals surface area contributed by atoms with Crippen molar-refractivity contribution in [3.63, 3.8) is 0 Å². The van der Waals surface area contributed by atoms with Gasteiger partial charge in [-0.05, 0) is 26.0 Å². The zero-order chi connectivity index (χ0) is 11.5. The third-order valence-corrected chi connectivity index (χ3v) is 2.21. The van der Waals surface area contributed by atoms with Crippen LogP contribution in [0.2, 0.25) is 0 Å². The molecular weight excluding hydrogens is 194 g/mol. The van der Waals surface area contributed by atoms with Crippen molar-refractivity contribution >= 4 is 5.97 Å². The summed E-state index contributed by atoms with van der Waals surface area (Å²) in [6.07, 6.45) is 0.226. The third-order valence-electron chi connectivity index (χ3n) is 2.21.